The van der Waals surface area contributed by atoms with E-state index in [1.54, 1.807) is 0 Å². The largest absolute Gasteiger partial charge is 0.490 e. The van der Waals surface area contributed by atoms with Gasteiger partial charge in [0.2, 0.25) is 0 Å². The summed E-state index contributed by atoms with van der Waals surface area (Å²) >= 11 is 0. The third kappa shape index (κ3) is 6.35. The molecule has 2 heterocycles. The van der Waals surface area contributed by atoms with Crippen LogP contribution in [0.3, 0.4) is 0 Å². The fourth-order valence-corrected chi connectivity index (χ4v) is 6.10. The lowest BCUT2D eigenvalue weighted by molar-refractivity contribution is -0.139. The van der Waals surface area contributed by atoms with Gasteiger partial charge in [-0.3, -0.25) is 4.52 Å². The normalized spacial score (nSPS) is 34.5. The molecule has 8 N–H and O–H groups in total. The molecule has 0 spiro atoms. The smallest absolute Gasteiger partial charge is 0.387 e. The third-order valence-electron chi connectivity index (χ3n) is 4.54. The fraction of sp³-hybridized carbons (Fsp3) is 0.615. The third-order valence-corrected chi connectivity index (χ3v) is 8.32. The van der Waals surface area contributed by atoms with Crippen LogP contribution in [0.1, 0.15) is 13.8 Å². The van der Waals surface area contributed by atoms with Gasteiger partial charge in [-0.15, -0.1) is 0 Å². The summed E-state index contributed by atoms with van der Waals surface area (Å²) in [5, 5.41) is 21.4. The monoisotopic (exact) mass is 541 g/mol. The SMILES string of the molecule is C=C1N=C(N)C(C)=CN1[C@@H]1O[C@](C)(COP(=O)(O)OP(=O)(O)OP(=O)(O)O)[C@H](O)C1(O)CF. The van der Waals surface area contributed by atoms with Crippen LogP contribution in [0.2, 0.25) is 0 Å². The predicted octanol–water partition coefficient (Wildman–Crippen LogP) is -0.446. The zero-order chi connectivity index (χ0) is 25.6. The Bertz CT molecular complexity index is 1020. The summed E-state index contributed by atoms with van der Waals surface area (Å²) in [7, 11) is -17.0. The number of alkyl halides is 1. The topological polar surface area (TPSA) is 251 Å². The second kappa shape index (κ2) is 9.21. The van der Waals surface area contributed by atoms with Crippen molar-refractivity contribution in [3.8, 4) is 0 Å². The number of aliphatic hydroxyl groups is 2. The van der Waals surface area contributed by atoms with E-state index in [1.165, 1.54) is 13.1 Å². The van der Waals surface area contributed by atoms with Crippen molar-refractivity contribution in [2.45, 2.75) is 37.4 Å². The van der Waals surface area contributed by atoms with Crippen LogP contribution in [-0.2, 0) is 31.6 Å². The van der Waals surface area contributed by atoms with Crippen molar-refractivity contribution in [2.75, 3.05) is 13.3 Å². The van der Waals surface area contributed by atoms with Gasteiger partial charge < -0.3 is 45.2 Å². The van der Waals surface area contributed by atoms with Gasteiger partial charge in [0, 0.05) is 11.8 Å². The summed E-state index contributed by atoms with van der Waals surface area (Å²) < 4.78 is 65.1. The molecule has 0 aromatic heterocycles. The Labute approximate surface area is 186 Å². The van der Waals surface area contributed by atoms with Crippen LogP contribution in [0.25, 0.3) is 0 Å². The first-order valence-electron chi connectivity index (χ1n) is 8.68. The molecule has 2 aliphatic rings. The Morgan fingerprint density at radius 3 is 2.36 bits per heavy atom. The fourth-order valence-electron chi connectivity index (χ4n) is 2.99. The summed E-state index contributed by atoms with van der Waals surface area (Å²) in [4.78, 5) is 40.9. The van der Waals surface area contributed by atoms with Crippen molar-refractivity contribution >= 4 is 29.3 Å². The number of rotatable bonds is 9. The first-order chi connectivity index (χ1) is 14.8. The molecule has 16 nitrogen and oxygen atoms in total. The number of aliphatic imine (C=N–C) groups is 1. The van der Waals surface area contributed by atoms with Crippen molar-refractivity contribution in [2.24, 2.45) is 10.7 Å². The molecule has 0 aliphatic carbocycles. The molecule has 0 radical (unpaired) electrons. The number of ether oxygens (including phenoxy) is 1. The first kappa shape index (κ1) is 28.2. The number of amidine groups is 1. The number of nitrogens with two attached hydrogens (primary N) is 1. The molecule has 1 saturated heterocycles. The number of aliphatic hydroxyl groups excluding tert-OH is 1. The zero-order valence-electron chi connectivity index (χ0n) is 17.1. The molecular weight excluding hydrogens is 518 g/mol. The van der Waals surface area contributed by atoms with Crippen LogP contribution >= 0.6 is 23.5 Å². The maximum Gasteiger partial charge on any atom is 0.490 e. The van der Waals surface area contributed by atoms with Crippen LogP contribution < -0.4 is 5.73 Å². The van der Waals surface area contributed by atoms with E-state index in [1.807, 2.05) is 0 Å². The molecule has 20 heteroatoms. The Morgan fingerprint density at radius 2 is 1.85 bits per heavy atom. The Balaban J connectivity index is 2.24. The van der Waals surface area contributed by atoms with Crippen molar-refractivity contribution in [1.82, 2.24) is 4.90 Å². The lowest BCUT2D eigenvalue weighted by Gasteiger charge is -2.37. The van der Waals surface area contributed by atoms with Crippen LogP contribution in [0.15, 0.2) is 29.2 Å². The van der Waals surface area contributed by atoms with Gasteiger partial charge in [0.15, 0.2) is 11.8 Å². The highest BCUT2D eigenvalue weighted by Crippen LogP contribution is 2.66. The highest BCUT2D eigenvalue weighted by molar-refractivity contribution is 7.66. The maximum atomic E-state index is 13.9. The summed E-state index contributed by atoms with van der Waals surface area (Å²) in [6.45, 7) is 3.46. The molecule has 0 aromatic carbocycles. The van der Waals surface area contributed by atoms with Gasteiger partial charge in [0.05, 0.1) is 6.61 Å². The molecule has 0 amide bonds. The molecule has 0 saturated carbocycles. The summed E-state index contributed by atoms with van der Waals surface area (Å²) in [5.74, 6) is -0.0201. The lowest BCUT2D eigenvalue weighted by Crippen LogP contribution is -2.57. The average molecular weight is 541 g/mol. The average Bonchev–Trinajstić information content (AvgIpc) is 2.82. The predicted molar refractivity (Wildman–Crippen MR) is 106 cm³/mol. The van der Waals surface area contributed by atoms with Crippen LogP contribution in [0.5, 0.6) is 0 Å². The number of hydrogen-bond acceptors (Lipinski definition) is 12. The Kier molecular flexibility index (Phi) is 7.87. The number of phosphoric acid groups is 3. The number of hydrogen-bond donors (Lipinski definition) is 7. The van der Waals surface area contributed by atoms with E-state index in [2.05, 4.69) is 24.7 Å². The van der Waals surface area contributed by atoms with E-state index in [0.29, 0.717) is 5.57 Å². The van der Waals surface area contributed by atoms with Crippen LogP contribution in [0.4, 0.5) is 4.39 Å². The van der Waals surface area contributed by atoms with E-state index in [9.17, 15) is 38.1 Å². The molecule has 6 atom stereocenters. The molecule has 3 unspecified atom stereocenters. The summed E-state index contributed by atoms with van der Waals surface area (Å²) in [6.07, 6.45) is -2.50. The Morgan fingerprint density at radius 1 is 1.27 bits per heavy atom. The van der Waals surface area contributed by atoms with Gasteiger partial charge in [0.1, 0.15) is 30.0 Å². The molecule has 0 bridgehead atoms. The zero-order valence-corrected chi connectivity index (χ0v) is 19.8. The van der Waals surface area contributed by atoms with Crippen LogP contribution in [-0.4, -0.2) is 77.3 Å². The first-order valence-corrected chi connectivity index (χ1v) is 13.2. The minimum Gasteiger partial charge on any atom is -0.387 e. The highest BCUT2D eigenvalue weighted by Gasteiger charge is 2.64. The molecule has 2 aliphatic heterocycles. The standard InChI is InChI=1S/C13H23FN3O13P3/c1-7-4-17(8(2)16-9(7)15)11-13(19,5-14)10(18)12(3,28-11)6-27-32(23,24)30-33(25,26)29-31(20,21)22/h4,10-11,18-19H,2,5-6H2,1,3H3,(H2,15,16)(H,23,24)(H,25,26)(H2,20,21,22)/t10-,11+,12+,13?/m0/s1. The van der Waals surface area contributed by atoms with E-state index in [4.69, 9.17) is 20.3 Å². The Hall–Kier alpha value is -1.03. The number of phosphoric ester groups is 1. The van der Waals surface area contributed by atoms with Gasteiger partial charge in [-0.2, -0.15) is 8.62 Å². The molecule has 1 fully saturated rings. The van der Waals surface area contributed by atoms with Crippen molar-refractivity contribution < 1.29 is 65.8 Å². The van der Waals surface area contributed by atoms with Crippen molar-refractivity contribution in [1.29, 1.82) is 0 Å². The molecule has 190 valence electrons. The molecular formula is C13H23FN3O13P3. The van der Waals surface area contributed by atoms with E-state index in [0.717, 1.165) is 11.8 Å². The highest BCUT2D eigenvalue weighted by atomic mass is 31.3. The van der Waals surface area contributed by atoms with Gasteiger partial charge >= 0.3 is 23.5 Å². The van der Waals surface area contributed by atoms with E-state index in [-0.39, 0.29) is 11.7 Å². The second-order valence-corrected chi connectivity index (χ2v) is 11.7. The van der Waals surface area contributed by atoms with Gasteiger partial charge in [-0.1, -0.05) is 6.58 Å². The van der Waals surface area contributed by atoms with Gasteiger partial charge in [-0.05, 0) is 13.8 Å². The molecule has 2 rings (SSSR count). The lowest BCUT2D eigenvalue weighted by atomic mass is 9.88. The summed E-state index contributed by atoms with van der Waals surface area (Å²) in [5.41, 5.74) is 1.27. The van der Waals surface area contributed by atoms with Crippen LogP contribution in [0, 0.1) is 0 Å². The quantitative estimate of drug-likeness (QED) is 0.183. The number of nitrogens with zero attached hydrogens (tertiary/aromatic N) is 2. The van der Waals surface area contributed by atoms with Crippen molar-refractivity contribution in [3.63, 3.8) is 0 Å². The van der Waals surface area contributed by atoms with E-state index < -0.39 is 60.3 Å². The maximum absolute atomic E-state index is 13.9. The van der Waals surface area contributed by atoms with Gasteiger partial charge in [0.25, 0.3) is 0 Å². The molecule has 0 aromatic rings. The molecule has 33 heavy (non-hydrogen) atoms. The van der Waals surface area contributed by atoms with E-state index >= 15 is 0 Å². The van der Waals surface area contributed by atoms with Gasteiger partial charge in [-0.25, -0.2) is 23.1 Å². The van der Waals surface area contributed by atoms with Crippen molar-refractivity contribution in [3.05, 3.63) is 24.2 Å². The number of halogens is 1. The minimum absolute atomic E-state index is 0.0778. The minimum atomic E-state index is -5.79. The summed E-state index contributed by atoms with van der Waals surface area (Å²) in [6, 6.07) is 0. The second-order valence-electron chi connectivity index (χ2n) is 7.31.